The van der Waals surface area contributed by atoms with Crippen LogP contribution in [0, 0.1) is 23.7 Å². The first kappa shape index (κ1) is 29.1. The number of likely N-dealkylation sites (N-methyl/N-ethyl adjacent to an activating group) is 1. The van der Waals surface area contributed by atoms with Crippen LogP contribution in [0.1, 0.15) is 22.3 Å². The van der Waals surface area contributed by atoms with Crippen molar-refractivity contribution in [3.05, 3.63) is 35.9 Å². The van der Waals surface area contributed by atoms with Crippen molar-refractivity contribution in [2.75, 3.05) is 38.4 Å². The van der Waals surface area contributed by atoms with E-state index < -0.39 is 76.0 Å². The van der Waals surface area contributed by atoms with Crippen LogP contribution < -0.4 is 16.0 Å². The van der Waals surface area contributed by atoms with E-state index in [-0.39, 0.29) is 30.6 Å². The van der Waals surface area contributed by atoms with Gasteiger partial charge in [0, 0.05) is 38.1 Å². The number of carbonyl (C=O) groups is 6. The Morgan fingerprint density at radius 3 is 2.43 bits per heavy atom. The zero-order valence-corrected chi connectivity index (χ0v) is 23.5. The summed E-state index contributed by atoms with van der Waals surface area (Å²) in [6, 6.07) is 0.351. The number of phenolic OH excluding ortho intramolecular Hbond substituents is 1. The predicted molar refractivity (Wildman–Crippen MR) is 147 cm³/mol. The van der Waals surface area contributed by atoms with Gasteiger partial charge in [0.15, 0.2) is 34.7 Å². The maximum absolute atomic E-state index is 14.1. The Labute approximate surface area is 240 Å². The van der Waals surface area contributed by atoms with Crippen molar-refractivity contribution in [3.63, 3.8) is 0 Å². The second-order valence-corrected chi connectivity index (χ2v) is 11.6. The molecule has 2 saturated carbocycles. The molecule has 222 valence electrons. The number of ketones is 4. The van der Waals surface area contributed by atoms with Gasteiger partial charge < -0.3 is 30.7 Å². The lowest BCUT2D eigenvalue weighted by Gasteiger charge is -2.52. The van der Waals surface area contributed by atoms with E-state index in [1.165, 1.54) is 42.2 Å². The first-order valence-corrected chi connectivity index (χ1v) is 13.4. The van der Waals surface area contributed by atoms with E-state index in [2.05, 4.69) is 10.3 Å². The van der Waals surface area contributed by atoms with Gasteiger partial charge in [-0.25, -0.2) is 4.98 Å². The van der Waals surface area contributed by atoms with Crippen molar-refractivity contribution in [1.82, 2.24) is 14.5 Å². The second kappa shape index (κ2) is 10.1. The number of nitrogens with one attached hydrogen (secondary N) is 1. The fourth-order valence-corrected chi connectivity index (χ4v) is 6.88. The van der Waals surface area contributed by atoms with Crippen LogP contribution in [0.4, 0.5) is 11.4 Å². The molecule has 0 aliphatic heterocycles. The number of anilines is 2. The summed E-state index contributed by atoms with van der Waals surface area (Å²) in [5.41, 5.74) is 3.22. The van der Waals surface area contributed by atoms with Crippen LogP contribution in [0.5, 0.6) is 5.75 Å². The molecule has 0 radical (unpaired) electrons. The SMILES string of the molecule is CN(C)c1cc(NC(=O)Cn2ccnc2)c(O)c2c1CC1CC3[C@H](N(C)C)C(=O)C(C(N)=O)C(=O)[C@@]3(O)C(=O)C1C2=O. The van der Waals surface area contributed by atoms with E-state index in [1.807, 2.05) is 0 Å². The summed E-state index contributed by atoms with van der Waals surface area (Å²) < 4.78 is 1.51. The lowest BCUT2D eigenvalue weighted by atomic mass is 9.52. The molecule has 6 atom stereocenters. The number of fused-ring (bicyclic) bond motifs is 3. The van der Waals surface area contributed by atoms with Gasteiger partial charge >= 0.3 is 0 Å². The monoisotopic (exact) mass is 580 g/mol. The normalized spacial score (nSPS) is 28.7. The van der Waals surface area contributed by atoms with E-state index >= 15 is 0 Å². The number of amides is 2. The van der Waals surface area contributed by atoms with Gasteiger partial charge in [0.05, 0.1) is 29.5 Å². The molecule has 2 amide bonds. The first-order valence-electron chi connectivity index (χ1n) is 13.4. The van der Waals surface area contributed by atoms with Gasteiger partial charge in [-0.05, 0) is 44.5 Å². The Morgan fingerprint density at radius 1 is 1.17 bits per heavy atom. The van der Waals surface area contributed by atoms with E-state index in [0.29, 0.717) is 11.3 Å². The molecule has 1 aromatic carbocycles. The minimum Gasteiger partial charge on any atom is -0.505 e. The van der Waals surface area contributed by atoms with Crippen LogP contribution in [0.15, 0.2) is 24.8 Å². The molecule has 14 heteroatoms. The highest BCUT2D eigenvalue weighted by Crippen LogP contribution is 2.52. The quantitative estimate of drug-likeness (QED) is 0.235. The number of Topliss-reactive ketones (excluding diaryl/α,β-unsaturated/α-hetero) is 4. The van der Waals surface area contributed by atoms with Crippen molar-refractivity contribution in [1.29, 1.82) is 0 Å². The molecule has 2 aromatic rings. The Balaban J connectivity index is 1.59. The highest BCUT2D eigenvalue weighted by atomic mass is 16.3. The maximum Gasteiger partial charge on any atom is 0.244 e. The summed E-state index contributed by atoms with van der Waals surface area (Å²) in [6.07, 6.45) is 4.58. The number of hydrogen-bond acceptors (Lipinski definition) is 11. The van der Waals surface area contributed by atoms with Gasteiger partial charge in [-0.1, -0.05) is 0 Å². The largest absolute Gasteiger partial charge is 0.505 e. The molecule has 14 nitrogen and oxygen atoms in total. The fourth-order valence-electron chi connectivity index (χ4n) is 6.88. The van der Waals surface area contributed by atoms with Gasteiger partial charge in [0.2, 0.25) is 11.8 Å². The number of nitrogens with zero attached hydrogens (tertiary/aromatic N) is 4. The minimum absolute atomic E-state index is 0.0546. The Hall–Kier alpha value is -4.43. The third-order valence-corrected chi connectivity index (χ3v) is 8.68. The van der Waals surface area contributed by atoms with Crippen LogP contribution in [0.3, 0.4) is 0 Å². The summed E-state index contributed by atoms with van der Waals surface area (Å²) in [5.74, 6) is -11.9. The molecule has 3 aliphatic rings. The number of benzene rings is 1. The number of primary amides is 1. The molecule has 2 fully saturated rings. The number of phenols is 1. The zero-order valence-electron chi connectivity index (χ0n) is 23.5. The molecule has 1 aromatic heterocycles. The van der Waals surface area contributed by atoms with Crippen LogP contribution in [-0.4, -0.2) is 99.4 Å². The number of imidazole rings is 1. The Morgan fingerprint density at radius 2 is 1.86 bits per heavy atom. The van der Waals surface area contributed by atoms with Crippen molar-refractivity contribution in [3.8, 4) is 5.75 Å². The molecule has 0 bridgehead atoms. The van der Waals surface area contributed by atoms with Crippen LogP contribution in [0.2, 0.25) is 0 Å². The van der Waals surface area contributed by atoms with E-state index in [0.717, 1.165) is 0 Å². The number of aliphatic hydroxyl groups is 1. The number of aromatic hydroxyl groups is 1. The first-order chi connectivity index (χ1) is 19.7. The Bertz CT molecular complexity index is 1530. The summed E-state index contributed by atoms with van der Waals surface area (Å²) in [6.45, 7) is -0.117. The lowest BCUT2D eigenvalue weighted by molar-refractivity contribution is -0.181. The Kier molecular flexibility index (Phi) is 7.02. The average molecular weight is 581 g/mol. The highest BCUT2D eigenvalue weighted by molar-refractivity contribution is 6.32. The predicted octanol–water partition coefficient (Wildman–Crippen LogP) is -1.23. The molecule has 0 saturated heterocycles. The third-order valence-electron chi connectivity index (χ3n) is 8.68. The zero-order chi connectivity index (χ0) is 30.8. The van der Waals surface area contributed by atoms with Gasteiger partial charge in [-0.15, -0.1) is 0 Å². The third kappa shape index (κ3) is 4.20. The second-order valence-electron chi connectivity index (χ2n) is 11.6. The van der Waals surface area contributed by atoms with Gasteiger partial charge in [-0.3, -0.25) is 33.7 Å². The van der Waals surface area contributed by atoms with Crippen molar-refractivity contribution in [2.45, 2.75) is 31.0 Å². The molecule has 1 heterocycles. The number of aromatic nitrogens is 2. The van der Waals surface area contributed by atoms with Crippen LogP contribution in [-0.2, 0) is 36.9 Å². The van der Waals surface area contributed by atoms with Crippen molar-refractivity contribution < 1.29 is 39.0 Å². The molecular formula is C28H32N6O8. The van der Waals surface area contributed by atoms with Crippen LogP contribution >= 0.6 is 0 Å². The van der Waals surface area contributed by atoms with Crippen molar-refractivity contribution >= 4 is 46.3 Å². The molecule has 3 aliphatic carbocycles. The van der Waals surface area contributed by atoms with Gasteiger partial charge in [-0.2, -0.15) is 0 Å². The minimum atomic E-state index is -2.81. The van der Waals surface area contributed by atoms with E-state index in [9.17, 15) is 39.0 Å². The standard InChI is InChI=1S/C28H32N6O8/c1-32(2)16-9-15(31-17(35)10-34-6-5-30-11-34)22(36)19-13(16)7-12-8-14-21(33(3)4)24(38)20(27(29)41)26(40)28(14,42)25(39)18(12)23(19)37/h5-6,9,11-12,14,18,20-21,36,42H,7-8,10H2,1-4H3,(H2,29,41)(H,31,35)/t12?,14?,18?,20?,21-,28-/m0/s1. The molecule has 0 spiro atoms. The van der Waals surface area contributed by atoms with E-state index in [1.54, 1.807) is 25.2 Å². The topological polar surface area (TPSA) is 205 Å². The average Bonchev–Trinajstić information content (AvgIpc) is 3.40. The molecule has 4 unspecified atom stereocenters. The number of hydrogen-bond donors (Lipinski definition) is 4. The lowest BCUT2D eigenvalue weighted by Crippen LogP contribution is -2.74. The maximum atomic E-state index is 14.1. The smallest absolute Gasteiger partial charge is 0.244 e. The molecule has 42 heavy (non-hydrogen) atoms. The number of nitrogens with two attached hydrogens (primary N) is 1. The van der Waals surface area contributed by atoms with Gasteiger partial charge in [0.1, 0.15) is 12.3 Å². The van der Waals surface area contributed by atoms with E-state index in [4.69, 9.17) is 5.73 Å². The molecule has 5 N–H and O–H groups in total. The van der Waals surface area contributed by atoms with Crippen LogP contribution in [0.25, 0.3) is 0 Å². The molecule has 5 rings (SSSR count). The van der Waals surface area contributed by atoms with Crippen molar-refractivity contribution in [2.24, 2.45) is 29.4 Å². The summed E-state index contributed by atoms with van der Waals surface area (Å²) in [4.78, 5) is 86.6. The summed E-state index contributed by atoms with van der Waals surface area (Å²) in [7, 11) is 6.49. The number of carbonyl (C=O) groups excluding carboxylic acids is 6. The summed E-state index contributed by atoms with van der Waals surface area (Å²) >= 11 is 0. The molecular weight excluding hydrogens is 548 g/mol. The summed E-state index contributed by atoms with van der Waals surface area (Å²) in [5, 5.41) is 25.6. The fraction of sp³-hybridized carbons (Fsp3) is 0.464. The van der Waals surface area contributed by atoms with Gasteiger partial charge in [0.25, 0.3) is 0 Å². The highest BCUT2D eigenvalue weighted by Gasteiger charge is 2.69. The number of rotatable bonds is 6.